The number of hydrogen-bond acceptors (Lipinski definition) is 7. The number of amides is 4. The smallest absolute Gasteiger partial charge is 0.411 e. The molecule has 6 rings (SSSR count). The summed E-state index contributed by atoms with van der Waals surface area (Å²) in [5.41, 5.74) is 2.69. The fourth-order valence-electron chi connectivity index (χ4n) is 8.25. The minimum Gasteiger partial charge on any atom is -0.444 e. The van der Waals surface area contributed by atoms with Gasteiger partial charge in [-0.2, -0.15) is 5.26 Å². The third-order valence-corrected chi connectivity index (χ3v) is 10.6. The zero-order valence-electron chi connectivity index (χ0n) is 30.4. The molecule has 1 N–H and O–H groups in total. The Morgan fingerprint density at radius 1 is 0.961 bits per heavy atom. The van der Waals surface area contributed by atoms with E-state index < -0.39 is 23.3 Å². The number of halogens is 1. The van der Waals surface area contributed by atoms with Crippen molar-refractivity contribution in [3.63, 3.8) is 0 Å². The van der Waals surface area contributed by atoms with E-state index in [2.05, 4.69) is 5.32 Å². The van der Waals surface area contributed by atoms with Crippen molar-refractivity contribution < 1.29 is 33.0 Å². The fourth-order valence-corrected chi connectivity index (χ4v) is 8.25. The number of piperidine rings is 2. The van der Waals surface area contributed by atoms with Crippen molar-refractivity contribution >= 4 is 29.7 Å². The average Bonchev–Trinajstić information content (AvgIpc) is 3.77. The van der Waals surface area contributed by atoms with E-state index in [1.165, 1.54) is 11.0 Å². The highest BCUT2D eigenvalue weighted by Crippen LogP contribution is 2.43. The van der Waals surface area contributed by atoms with Crippen molar-refractivity contribution in [1.29, 1.82) is 5.26 Å². The third-order valence-electron chi connectivity index (χ3n) is 10.6. The van der Waals surface area contributed by atoms with Crippen LogP contribution in [0.4, 0.5) is 19.7 Å². The minimum atomic E-state index is -1.02. The number of nitrogens with zero attached hydrogens (tertiary/aromatic N) is 4. The number of anilines is 1. The quantitative estimate of drug-likeness (QED) is 0.348. The minimum absolute atomic E-state index is 0.00761. The molecule has 3 atom stereocenters. The lowest BCUT2D eigenvalue weighted by Gasteiger charge is -2.37. The molecule has 3 heterocycles. The average molecular weight is 702 g/mol. The summed E-state index contributed by atoms with van der Waals surface area (Å²) in [6, 6.07) is 10.3. The highest BCUT2D eigenvalue weighted by atomic mass is 19.1. The number of hydrogen-bond donors (Lipinski definition) is 1. The van der Waals surface area contributed by atoms with Gasteiger partial charge in [-0.3, -0.25) is 14.5 Å². The number of carbonyl (C=O) groups excluding carboxylic acids is 4. The fraction of sp³-hybridized carbons (Fsp3) is 0.564. The van der Waals surface area contributed by atoms with Gasteiger partial charge in [0.1, 0.15) is 29.6 Å². The summed E-state index contributed by atoms with van der Waals surface area (Å²) >= 11 is 0. The van der Waals surface area contributed by atoms with Gasteiger partial charge in [0.25, 0.3) is 0 Å². The van der Waals surface area contributed by atoms with Crippen LogP contribution in [0.5, 0.6) is 0 Å². The predicted molar refractivity (Wildman–Crippen MR) is 188 cm³/mol. The van der Waals surface area contributed by atoms with E-state index in [0.717, 1.165) is 36.1 Å². The van der Waals surface area contributed by atoms with Crippen molar-refractivity contribution in [3.05, 3.63) is 52.8 Å². The first-order chi connectivity index (χ1) is 24.0. The second-order valence-corrected chi connectivity index (χ2v) is 16.0. The van der Waals surface area contributed by atoms with Crippen LogP contribution in [0, 0.1) is 30.0 Å². The van der Waals surface area contributed by atoms with Crippen LogP contribution in [0.1, 0.15) is 83.4 Å². The van der Waals surface area contributed by atoms with Gasteiger partial charge >= 0.3 is 12.2 Å². The summed E-state index contributed by atoms with van der Waals surface area (Å²) in [6.07, 6.45) is 3.22. The second-order valence-electron chi connectivity index (χ2n) is 16.0. The molecule has 4 aliphatic rings. The standard InChI is InChI=1S/C39H48FN5O6/c1-23-28(22-39(5,6)51-37(49)45-30-9-7-25(19-30)34(45)35(47)42-14-13-41)18-26(20-31(23)40)24-8-10-32-27(17-24)21-33(46)44(32)29-11-15-43(16-12-29)36(48)50-38(2,3)4/h8,10,17-18,20,25,29-30,34H,7,9,11-12,14-16,19,21-22H2,1-6H3,(H,42,47). The summed E-state index contributed by atoms with van der Waals surface area (Å²) in [7, 11) is 0. The van der Waals surface area contributed by atoms with Gasteiger partial charge in [0.2, 0.25) is 11.8 Å². The Morgan fingerprint density at radius 3 is 2.37 bits per heavy atom. The number of benzene rings is 2. The van der Waals surface area contributed by atoms with Gasteiger partial charge in [-0.25, -0.2) is 14.0 Å². The van der Waals surface area contributed by atoms with Crippen LogP contribution in [0.15, 0.2) is 30.3 Å². The molecule has 11 nitrogen and oxygen atoms in total. The van der Waals surface area contributed by atoms with E-state index in [1.807, 2.05) is 56.0 Å². The van der Waals surface area contributed by atoms with Crippen LogP contribution >= 0.6 is 0 Å². The molecule has 272 valence electrons. The van der Waals surface area contributed by atoms with Crippen LogP contribution in [0.2, 0.25) is 0 Å². The van der Waals surface area contributed by atoms with Crippen molar-refractivity contribution in [1.82, 2.24) is 15.1 Å². The van der Waals surface area contributed by atoms with E-state index in [0.29, 0.717) is 42.6 Å². The van der Waals surface area contributed by atoms with Gasteiger partial charge in [-0.1, -0.05) is 12.1 Å². The van der Waals surface area contributed by atoms with Crippen LogP contribution in [0.3, 0.4) is 0 Å². The number of likely N-dealkylation sites (tertiary alicyclic amines) is 2. The van der Waals surface area contributed by atoms with Crippen molar-refractivity contribution in [3.8, 4) is 17.2 Å². The van der Waals surface area contributed by atoms with Crippen LogP contribution in [-0.2, 0) is 31.9 Å². The number of rotatable bonds is 7. The van der Waals surface area contributed by atoms with E-state index in [-0.39, 0.29) is 61.1 Å². The molecular formula is C39H48FN5O6. The van der Waals surface area contributed by atoms with E-state index in [9.17, 15) is 19.2 Å². The number of ether oxygens (including phenoxy) is 2. The van der Waals surface area contributed by atoms with Gasteiger partial charge < -0.3 is 24.6 Å². The molecule has 51 heavy (non-hydrogen) atoms. The normalized spacial score (nSPS) is 21.8. The second kappa shape index (κ2) is 13.8. The summed E-state index contributed by atoms with van der Waals surface area (Å²) in [5.74, 6) is -0.685. The van der Waals surface area contributed by atoms with Gasteiger partial charge in [0.15, 0.2) is 0 Å². The van der Waals surface area contributed by atoms with Gasteiger partial charge in [0, 0.05) is 37.3 Å². The molecule has 2 bridgehead atoms. The topological polar surface area (TPSA) is 132 Å². The molecule has 1 saturated carbocycles. The Labute approximate surface area is 299 Å². The SMILES string of the molecule is Cc1c(F)cc(-c2ccc3c(c2)CC(=O)N3C2CCN(C(=O)OC(C)(C)C)CC2)cc1CC(C)(C)OC(=O)N1C2CCC(C2)C1C(=O)NCC#N. The summed E-state index contributed by atoms with van der Waals surface area (Å²) in [4.78, 5) is 57.4. The molecule has 3 fully saturated rings. The number of fused-ring (bicyclic) bond motifs is 3. The highest BCUT2D eigenvalue weighted by molar-refractivity contribution is 6.02. The maximum Gasteiger partial charge on any atom is 0.411 e. The number of nitrogens with one attached hydrogen (secondary N) is 1. The number of nitriles is 1. The molecule has 0 radical (unpaired) electrons. The molecule has 12 heteroatoms. The molecular weight excluding hydrogens is 653 g/mol. The maximum absolute atomic E-state index is 15.5. The molecule has 0 spiro atoms. The zero-order chi connectivity index (χ0) is 36.8. The molecule has 0 aromatic heterocycles. The Balaban J connectivity index is 1.15. The van der Waals surface area contributed by atoms with Gasteiger partial charge in [0.05, 0.1) is 12.5 Å². The van der Waals surface area contributed by atoms with Crippen LogP contribution in [0.25, 0.3) is 11.1 Å². The summed E-state index contributed by atoms with van der Waals surface area (Å²) in [5, 5.41) is 11.5. The molecule has 2 saturated heterocycles. The Bertz CT molecular complexity index is 1770. The first-order valence-electron chi connectivity index (χ1n) is 17.9. The Hall–Kier alpha value is -4.66. The molecule has 2 aromatic carbocycles. The van der Waals surface area contributed by atoms with Gasteiger partial charge in [-0.15, -0.1) is 0 Å². The molecule has 3 unspecified atom stereocenters. The Kier molecular flexibility index (Phi) is 9.79. The van der Waals surface area contributed by atoms with Crippen molar-refractivity contribution in [2.45, 2.75) is 116 Å². The van der Waals surface area contributed by atoms with Crippen LogP contribution in [-0.4, -0.2) is 82.8 Å². The third kappa shape index (κ3) is 7.53. The lowest BCUT2D eigenvalue weighted by molar-refractivity contribution is -0.127. The zero-order valence-corrected chi connectivity index (χ0v) is 30.4. The monoisotopic (exact) mass is 701 g/mol. The van der Waals surface area contributed by atoms with Gasteiger partial charge in [-0.05, 0) is 126 Å². The lowest BCUT2D eigenvalue weighted by Crippen LogP contribution is -2.54. The van der Waals surface area contributed by atoms with Crippen molar-refractivity contribution in [2.24, 2.45) is 5.92 Å². The maximum atomic E-state index is 15.5. The first kappa shape index (κ1) is 36.1. The number of carbonyl (C=O) groups is 4. The summed E-state index contributed by atoms with van der Waals surface area (Å²) < 4.78 is 27.0. The molecule has 3 aliphatic heterocycles. The Morgan fingerprint density at radius 2 is 1.69 bits per heavy atom. The predicted octanol–water partition coefficient (Wildman–Crippen LogP) is 6.04. The first-order valence-corrected chi connectivity index (χ1v) is 17.9. The lowest BCUT2D eigenvalue weighted by atomic mass is 9.91. The highest BCUT2D eigenvalue weighted by Gasteiger charge is 2.52. The van der Waals surface area contributed by atoms with Crippen molar-refractivity contribution in [2.75, 3.05) is 24.5 Å². The largest absolute Gasteiger partial charge is 0.444 e. The summed E-state index contributed by atoms with van der Waals surface area (Å²) in [6.45, 7) is 11.7. The van der Waals surface area contributed by atoms with E-state index in [4.69, 9.17) is 14.7 Å². The van der Waals surface area contributed by atoms with E-state index in [1.54, 1.807) is 25.7 Å². The molecule has 2 aromatic rings. The van der Waals surface area contributed by atoms with Crippen LogP contribution < -0.4 is 10.2 Å². The molecule has 1 aliphatic carbocycles. The van der Waals surface area contributed by atoms with E-state index >= 15 is 4.39 Å². The molecule has 4 amide bonds.